The minimum atomic E-state index is -0.666. The van der Waals surface area contributed by atoms with Gasteiger partial charge in [-0.1, -0.05) is 29.8 Å². The molecule has 2 heterocycles. The number of likely N-dealkylation sites (tertiary alicyclic amines) is 1. The zero-order valence-electron chi connectivity index (χ0n) is 13.5. The molecule has 0 aromatic heterocycles. The van der Waals surface area contributed by atoms with E-state index < -0.39 is 5.60 Å². The Morgan fingerprint density at radius 3 is 2.59 bits per heavy atom. The van der Waals surface area contributed by atoms with Gasteiger partial charge in [0.25, 0.3) is 5.91 Å². The standard InChI is InChI=1S/C18H25NO3/c1-14-3-5-15(6-4-14)16-7-10-19(13-16)17(20)18(21-2)8-11-22-12-9-18/h3-6,16H,7-13H2,1-2H3. The number of hydrogen-bond donors (Lipinski definition) is 0. The Bertz CT molecular complexity index is 520. The molecular formula is C18H25NO3. The maximum atomic E-state index is 12.9. The number of carbonyl (C=O) groups excluding carboxylic acids is 1. The first kappa shape index (κ1) is 15.5. The Labute approximate surface area is 132 Å². The van der Waals surface area contributed by atoms with Gasteiger partial charge in [0.1, 0.15) is 0 Å². The molecule has 22 heavy (non-hydrogen) atoms. The van der Waals surface area contributed by atoms with E-state index in [1.54, 1.807) is 7.11 Å². The average molecular weight is 303 g/mol. The summed E-state index contributed by atoms with van der Waals surface area (Å²) in [6.45, 7) is 4.93. The molecule has 0 N–H and O–H groups in total. The van der Waals surface area contributed by atoms with Gasteiger partial charge in [0.05, 0.1) is 0 Å². The highest BCUT2D eigenvalue weighted by Gasteiger charge is 2.44. The fourth-order valence-electron chi connectivity index (χ4n) is 3.55. The highest BCUT2D eigenvalue weighted by atomic mass is 16.5. The zero-order chi connectivity index (χ0) is 15.6. The second-order valence-electron chi connectivity index (χ2n) is 6.46. The van der Waals surface area contributed by atoms with Crippen LogP contribution in [0.25, 0.3) is 0 Å². The molecule has 120 valence electrons. The van der Waals surface area contributed by atoms with Gasteiger partial charge in [-0.3, -0.25) is 4.79 Å². The van der Waals surface area contributed by atoms with Crippen molar-refractivity contribution in [3.8, 4) is 0 Å². The van der Waals surface area contributed by atoms with Crippen LogP contribution in [0.15, 0.2) is 24.3 Å². The third-order valence-corrected chi connectivity index (χ3v) is 5.11. The third kappa shape index (κ3) is 2.90. The van der Waals surface area contributed by atoms with Crippen molar-refractivity contribution < 1.29 is 14.3 Å². The predicted octanol–water partition coefficient (Wildman–Crippen LogP) is 2.51. The summed E-state index contributed by atoms with van der Waals surface area (Å²) >= 11 is 0. The van der Waals surface area contributed by atoms with Gasteiger partial charge in [0.15, 0.2) is 5.60 Å². The van der Waals surface area contributed by atoms with Crippen molar-refractivity contribution in [3.05, 3.63) is 35.4 Å². The van der Waals surface area contributed by atoms with Crippen LogP contribution in [-0.2, 0) is 14.3 Å². The van der Waals surface area contributed by atoms with Gasteiger partial charge in [-0.2, -0.15) is 0 Å². The number of methoxy groups -OCH3 is 1. The van der Waals surface area contributed by atoms with E-state index in [2.05, 4.69) is 31.2 Å². The molecule has 1 atom stereocenters. The van der Waals surface area contributed by atoms with Crippen LogP contribution in [0.2, 0.25) is 0 Å². The van der Waals surface area contributed by atoms with Gasteiger partial charge in [0, 0.05) is 52.2 Å². The molecule has 4 nitrogen and oxygen atoms in total. The normalized spacial score (nSPS) is 24.5. The molecule has 0 saturated carbocycles. The molecule has 0 spiro atoms. The van der Waals surface area contributed by atoms with Gasteiger partial charge in [-0.05, 0) is 18.9 Å². The van der Waals surface area contributed by atoms with E-state index in [9.17, 15) is 4.79 Å². The van der Waals surface area contributed by atoms with Crippen LogP contribution in [0.1, 0.15) is 36.3 Å². The lowest BCUT2D eigenvalue weighted by molar-refractivity contribution is -0.165. The van der Waals surface area contributed by atoms with Crippen molar-refractivity contribution >= 4 is 5.91 Å². The van der Waals surface area contributed by atoms with E-state index in [0.29, 0.717) is 32.0 Å². The lowest BCUT2D eigenvalue weighted by atomic mass is 9.92. The Morgan fingerprint density at radius 1 is 1.27 bits per heavy atom. The van der Waals surface area contributed by atoms with Crippen LogP contribution < -0.4 is 0 Å². The highest BCUT2D eigenvalue weighted by Crippen LogP contribution is 2.32. The second kappa shape index (κ2) is 6.39. The fraction of sp³-hybridized carbons (Fsp3) is 0.611. The first-order valence-corrected chi connectivity index (χ1v) is 8.13. The SMILES string of the molecule is COC1(C(=O)N2CCC(c3ccc(C)cc3)C2)CCOCC1. The number of rotatable bonds is 3. The van der Waals surface area contributed by atoms with Crippen LogP contribution in [-0.4, -0.2) is 49.8 Å². The lowest BCUT2D eigenvalue weighted by Gasteiger charge is -2.37. The van der Waals surface area contributed by atoms with E-state index in [1.165, 1.54) is 11.1 Å². The Hall–Kier alpha value is -1.39. The monoisotopic (exact) mass is 303 g/mol. The highest BCUT2D eigenvalue weighted by molar-refractivity contribution is 5.85. The molecule has 2 aliphatic rings. The van der Waals surface area contributed by atoms with Crippen molar-refractivity contribution in [2.45, 2.75) is 37.7 Å². The zero-order valence-corrected chi connectivity index (χ0v) is 13.5. The van der Waals surface area contributed by atoms with E-state index >= 15 is 0 Å². The number of benzene rings is 1. The van der Waals surface area contributed by atoms with Crippen molar-refractivity contribution in [2.24, 2.45) is 0 Å². The maximum Gasteiger partial charge on any atom is 0.255 e. The second-order valence-corrected chi connectivity index (χ2v) is 6.46. The van der Waals surface area contributed by atoms with Crippen LogP contribution in [0, 0.1) is 6.92 Å². The summed E-state index contributed by atoms with van der Waals surface area (Å²) in [5.74, 6) is 0.589. The average Bonchev–Trinajstić information content (AvgIpc) is 3.05. The largest absolute Gasteiger partial charge is 0.381 e. The maximum absolute atomic E-state index is 12.9. The molecule has 2 fully saturated rings. The molecule has 4 heteroatoms. The minimum Gasteiger partial charge on any atom is -0.381 e. The van der Waals surface area contributed by atoms with Crippen LogP contribution >= 0.6 is 0 Å². The van der Waals surface area contributed by atoms with Crippen LogP contribution in [0.3, 0.4) is 0 Å². The summed E-state index contributed by atoms with van der Waals surface area (Å²) in [7, 11) is 1.65. The van der Waals surface area contributed by atoms with Crippen molar-refractivity contribution in [2.75, 3.05) is 33.4 Å². The van der Waals surface area contributed by atoms with E-state index in [0.717, 1.165) is 19.5 Å². The van der Waals surface area contributed by atoms with Crippen molar-refractivity contribution in [3.63, 3.8) is 0 Å². The van der Waals surface area contributed by atoms with Gasteiger partial charge < -0.3 is 14.4 Å². The summed E-state index contributed by atoms with van der Waals surface area (Å²) in [5.41, 5.74) is 1.94. The summed E-state index contributed by atoms with van der Waals surface area (Å²) < 4.78 is 11.0. The molecule has 0 aliphatic carbocycles. The molecule has 2 saturated heterocycles. The summed E-state index contributed by atoms with van der Waals surface area (Å²) in [5, 5.41) is 0. The van der Waals surface area contributed by atoms with Gasteiger partial charge in [0.2, 0.25) is 0 Å². The molecule has 1 unspecified atom stereocenters. The molecule has 2 aliphatic heterocycles. The number of carbonyl (C=O) groups is 1. The van der Waals surface area contributed by atoms with Gasteiger partial charge in [-0.15, -0.1) is 0 Å². The fourth-order valence-corrected chi connectivity index (χ4v) is 3.55. The van der Waals surface area contributed by atoms with Crippen molar-refractivity contribution in [1.82, 2.24) is 4.90 Å². The molecule has 1 aromatic rings. The Morgan fingerprint density at radius 2 is 1.95 bits per heavy atom. The number of ether oxygens (including phenoxy) is 2. The first-order chi connectivity index (χ1) is 10.6. The molecular weight excluding hydrogens is 278 g/mol. The lowest BCUT2D eigenvalue weighted by Crippen LogP contribution is -2.52. The first-order valence-electron chi connectivity index (χ1n) is 8.13. The molecule has 0 bridgehead atoms. The molecule has 1 amide bonds. The number of hydrogen-bond acceptors (Lipinski definition) is 3. The summed E-state index contributed by atoms with van der Waals surface area (Å²) in [4.78, 5) is 14.9. The topological polar surface area (TPSA) is 38.8 Å². The Balaban J connectivity index is 1.69. The molecule has 3 rings (SSSR count). The number of aryl methyl sites for hydroxylation is 1. The third-order valence-electron chi connectivity index (χ3n) is 5.11. The smallest absolute Gasteiger partial charge is 0.255 e. The number of amides is 1. The Kier molecular flexibility index (Phi) is 4.50. The minimum absolute atomic E-state index is 0.146. The summed E-state index contributed by atoms with van der Waals surface area (Å²) in [6.07, 6.45) is 2.35. The van der Waals surface area contributed by atoms with E-state index in [4.69, 9.17) is 9.47 Å². The van der Waals surface area contributed by atoms with Crippen LogP contribution in [0.5, 0.6) is 0 Å². The molecule has 1 aromatic carbocycles. The predicted molar refractivity (Wildman–Crippen MR) is 84.9 cm³/mol. The van der Waals surface area contributed by atoms with Crippen molar-refractivity contribution in [1.29, 1.82) is 0 Å². The van der Waals surface area contributed by atoms with Gasteiger partial charge >= 0.3 is 0 Å². The molecule has 0 radical (unpaired) electrons. The summed E-state index contributed by atoms with van der Waals surface area (Å²) in [6, 6.07) is 8.67. The quantitative estimate of drug-likeness (QED) is 0.861. The van der Waals surface area contributed by atoms with E-state index in [1.807, 2.05) is 4.90 Å². The van der Waals surface area contributed by atoms with E-state index in [-0.39, 0.29) is 5.91 Å². The van der Waals surface area contributed by atoms with Crippen LogP contribution in [0.4, 0.5) is 0 Å². The van der Waals surface area contributed by atoms with Gasteiger partial charge in [-0.25, -0.2) is 0 Å². The number of nitrogens with zero attached hydrogens (tertiary/aromatic N) is 1.